The zero-order chi connectivity index (χ0) is 13.2. The normalized spacial score (nSPS) is 27.8. The summed E-state index contributed by atoms with van der Waals surface area (Å²) in [6.45, 7) is 0. The summed E-state index contributed by atoms with van der Waals surface area (Å²) in [5, 5.41) is 0.871. The third-order valence-electron chi connectivity index (χ3n) is 4.84. The Balaban J connectivity index is 1.67. The minimum absolute atomic E-state index is 0.00904. The third-order valence-corrected chi connectivity index (χ3v) is 4.84. The molecule has 19 heavy (non-hydrogen) atoms. The van der Waals surface area contributed by atoms with Gasteiger partial charge in [-0.25, -0.2) is 4.39 Å². The number of halogens is 1. The van der Waals surface area contributed by atoms with Crippen LogP contribution in [0, 0.1) is 11.7 Å². The van der Waals surface area contributed by atoms with E-state index in [0.29, 0.717) is 11.2 Å². The van der Waals surface area contributed by atoms with Crippen LogP contribution in [0.5, 0.6) is 0 Å². The first kappa shape index (κ1) is 11.0. The Labute approximate surface area is 110 Å². The summed E-state index contributed by atoms with van der Waals surface area (Å²) < 4.78 is 13.1. The number of benzene rings is 1. The van der Waals surface area contributed by atoms with Gasteiger partial charge in [-0.15, -0.1) is 0 Å². The highest BCUT2D eigenvalue weighted by atomic mass is 19.1. The van der Waals surface area contributed by atoms with E-state index in [2.05, 4.69) is 4.98 Å². The second-order valence-corrected chi connectivity index (χ2v) is 5.98. The fourth-order valence-corrected chi connectivity index (χ4v) is 3.45. The molecule has 1 aromatic carbocycles. The molecule has 2 bridgehead atoms. The maximum Gasteiger partial charge on any atom is 0.270 e. The topological polar surface area (TPSA) is 36.1 Å². The van der Waals surface area contributed by atoms with E-state index in [4.69, 9.17) is 0 Å². The first-order chi connectivity index (χ1) is 9.07. The molecule has 1 N–H and O–H groups in total. The van der Waals surface area contributed by atoms with Crippen LogP contribution < -0.4 is 0 Å². The van der Waals surface area contributed by atoms with E-state index in [0.717, 1.165) is 30.6 Å². The number of hydrogen-bond acceptors (Lipinski definition) is 1. The molecular formula is C15H15FN2O. The van der Waals surface area contributed by atoms with Gasteiger partial charge in [0.2, 0.25) is 0 Å². The van der Waals surface area contributed by atoms with Crippen molar-refractivity contribution in [1.82, 2.24) is 9.88 Å². The Kier molecular flexibility index (Phi) is 1.96. The van der Waals surface area contributed by atoms with E-state index in [1.54, 1.807) is 12.1 Å². The van der Waals surface area contributed by atoms with Crippen molar-refractivity contribution in [1.29, 1.82) is 0 Å². The molecule has 0 aliphatic heterocycles. The van der Waals surface area contributed by atoms with Gasteiger partial charge in [0, 0.05) is 23.5 Å². The predicted octanol–water partition coefficient (Wildman–Crippen LogP) is 2.93. The minimum Gasteiger partial charge on any atom is -0.350 e. The molecule has 3 aliphatic carbocycles. The van der Waals surface area contributed by atoms with Crippen molar-refractivity contribution in [3.63, 3.8) is 0 Å². The van der Waals surface area contributed by atoms with Crippen molar-refractivity contribution < 1.29 is 9.18 Å². The van der Waals surface area contributed by atoms with Crippen LogP contribution in [-0.4, -0.2) is 28.4 Å². The van der Waals surface area contributed by atoms with Gasteiger partial charge in [0.05, 0.1) is 0 Å². The first-order valence-corrected chi connectivity index (χ1v) is 6.64. The molecule has 0 saturated heterocycles. The lowest BCUT2D eigenvalue weighted by atomic mass is 9.49. The standard InChI is InChI=1S/C15H15FN2O/c1-18(15-6-9(7-15)8-15)14(19)13-4-10-2-3-11(16)5-12(10)17-13/h2-5,9,17H,6-8H2,1H3. The molecule has 98 valence electrons. The number of carbonyl (C=O) groups is 1. The van der Waals surface area contributed by atoms with E-state index in [9.17, 15) is 9.18 Å². The Morgan fingerprint density at radius 1 is 1.37 bits per heavy atom. The third kappa shape index (κ3) is 1.40. The molecule has 0 unspecified atom stereocenters. The maximum atomic E-state index is 13.1. The van der Waals surface area contributed by atoms with Gasteiger partial charge < -0.3 is 9.88 Å². The Morgan fingerprint density at radius 2 is 2.11 bits per heavy atom. The summed E-state index contributed by atoms with van der Waals surface area (Å²) in [5.41, 5.74) is 1.34. The molecule has 1 amide bonds. The van der Waals surface area contributed by atoms with Crippen LogP contribution >= 0.6 is 0 Å². The molecule has 3 aliphatic rings. The van der Waals surface area contributed by atoms with Gasteiger partial charge in [-0.05, 0) is 49.4 Å². The van der Waals surface area contributed by atoms with E-state index in [1.165, 1.54) is 12.1 Å². The number of amides is 1. The molecule has 1 aromatic heterocycles. The summed E-state index contributed by atoms with van der Waals surface area (Å²) in [4.78, 5) is 17.4. The molecule has 0 atom stereocenters. The quantitative estimate of drug-likeness (QED) is 0.883. The van der Waals surface area contributed by atoms with Crippen molar-refractivity contribution in [2.24, 2.45) is 5.92 Å². The monoisotopic (exact) mass is 258 g/mol. The molecule has 4 heteroatoms. The molecule has 3 fully saturated rings. The van der Waals surface area contributed by atoms with Crippen LogP contribution in [0.25, 0.3) is 10.9 Å². The smallest absolute Gasteiger partial charge is 0.270 e. The zero-order valence-corrected chi connectivity index (χ0v) is 10.7. The molecule has 5 rings (SSSR count). The number of hydrogen-bond donors (Lipinski definition) is 1. The Hall–Kier alpha value is -1.84. The SMILES string of the molecule is CN(C(=O)c1cc2ccc(F)cc2[nH]1)C12CC(C1)C2. The lowest BCUT2D eigenvalue weighted by molar-refractivity contribution is -0.114. The second-order valence-electron chi connectivity index (χ2n) is 5.98. The van der Waals surface area contributed by atoms with Gasteiger partial charge in [-0.3, -0.25) is 4.79 Å². The molecule has 1 heterocycles. The number of aromatic amines is 1. The molecule has 0 radical (unpaired) electrons. The number of nitrogens with one attached hydrogen (secondary N) is 1. The van der Waals surface area contributed by atoms with Crippen LogP contribution in [0.1, 0.15) is 29.8 Å². The molecule has 3 saturated carbocycles. The highest BCUT2D eigenvalue weighted by Crippen LogP contribution is 2.60. The number of fused-ring (bicyclic) bond motifs is 1. The second kappa shape index (κ2) is 3.38. The van der Waals surface area contributed by atoms with E-state index in [-0.39, 0.29) is 17.3 Å². The van der Waals surface area contributed by atoms with E-state index in [1.807, 2.05) is 11.9 Å². The summed E-state index contributed by atoms with van der Waals surface area (Å²) in [6.07, 6.45) is 3.43. The summed E-state index contributed by atoms with van der Waals surface area (Å²) >= 11 is 0. The number of nitrogens with zero attached hydrogens (tertiary/aromatic N) is 1. The average molecular weight is 258 g/mol. The van der Waals surface area contributed by atoms with Crippen LogP contribution in [-0.2, 0) is 0 Å². The molecule has 2 aromatic rings. The Morgan fingerprint density at radius 3 is 2.74 bits per heavy atom. The summed E-state index contributed by atoms with van der Waals surface area (Å²) in [5.74, 6) is 0.558. The highest BCUT2D eigenvalue weighted by Gasteiger charge is 2.60. The summed E-state index contributed by atoms with van der Waals surface area (Å²) in [7, 11) is 1.88. The van der Waals surface area contributed by atoms with Crippen LogP contribution in [0.2, 0.25) is 0 Å². The van der Waals surface area contributed by atoms with E-state index >= 15 is 0 Å². The number of aromatic nitrogens is 1. The van der Waals surface area contributed by atoms with Crippen molar-refractivity contribution in [2.45, 2.75) is 24.8 Å². The zero-order valence-electron chi connectivity index (χ0n) is 10.7. The molecular weight excluding hydrogens is 243 g/mol. The molecule has 3 nitrogen and oxygen atoms in total. The van der Waals surface area contributed by atoms with Gasteiger partial charge in [-0.1, -0.05) is 0 Å². The predicted molar refractivity (Wildman–Crippen MR) is 70.4 cm³/mol. The molecule has 0 spiro atoms. The van der Waals surface area contributed by atoms with Crippen molar-refractivity contribution in [2.75, 3.05) is 7.05 Å². The largest absolute Gasteiger partial charge is 0.350 e. The lowest BCUT2D eigenvalue weighted by Crippen LogP contribution is -2.68. The fourth-order valence-electron chi connectivity index (χ4n) is 3.45. The van der Waals surface area contributed by atoms with Gasteiger partial charge in [-0.2, -0.15) is 0 Å². The number of H-pyrrole nitrogens is 1. The lowest BCUT2D eigenvalue weighted by Gasteiger charge is -2.65. The average Bonchev–Trinajstić information content (AvgIpc) is 2.66. The van der Waals surface area contributed by atoms with Gasteiger partial charge in [0.15, 0.2) is 0 Å². The Bertz CT molecular complexity index is 673. The fraction of sp³-hybridized carbons (Fsp3) is 0.400. The van der Waals surface area contributed by atoms with Crippen molar-refractivity contribution in [3.05, 3.63) is 35.8 Å². The van der Waals surface area contributed by atoms with Gasteiger partial charge in [0.1, 0.15) is 11.5 Å². The van der Waals surface area contributed by atoms with E-state index < -0.39 is 0 Å². The van der Waals surface area contributed by atoms with Crippen LogP contribution in [0.4, 0.5) is 4.39 Å². The van der Waals surface area contributed by atoms with Crippen LogP contribution in [0.15, 0.2) is 24.3 Å². The van der Waals surface area contributed by atoms with Crippen molar-refractivity contribution in [3.8, 4) is 0 Å². The maximum absolute atomic E-state index is 13.1. The first-order valence-electron chi connectivity index (χ1n) is 6.64. The van der Waals surface area contributed by atoms with Crippen molar-refractivity contribution >= 4 is 16.8 Å². The highest BCUT2D eigenvalue weighted by molar-refractivity contribution is 5.98. The summed E-state index contributed by atoms with van der Waals surface area (Å²) in [6, 6.07) is 6.33. The van der Waals surface area contributed by atoms with Crippen LogP contribution in [0.3, 0.4) is 0 Å². The minimum atomic E-state index is -0.291. The number of carbonyl (C=O) groups excluding carboxylic acids is 1. The van der Waals surface area contributed by atoms with Gasteiger partial charge in [0.25, 0.3) is 5.91 Å². The number of rotatable bonds is 2. The van der Waals surface area contributed by atoms with Gasteiger partial charge >= 0.3 is 0 Å².